The van der Waals surface area contributed by atoms with Crippen molar-refractivity contribution in [1.29, 1.82) is 0 Å². The number of methoxy groups -OCH3 is 1. The maximum Gasteiger partial charge on any atom is 0.288 e. The molecule has 1 heterocycles. The molecule has 1 aliphatic heterocycles. The summed E-state index contributed by atoms with van der Waals surface area (Å²) in [6, 6.07) is 2.37. The monoisotopic (exact) mass is 269 g/mol. The molecule has 4 heteroatoms. The van der Waals surface area contributed by atoms with Crippen LogP contribution in [0, 0.1) is 13.8 Å². The van der Waals surface area contributed by atoms with Gasteiger partial charge in [-0.1, -0.05) is 6.42 Å². The first-order valence-electron chi connectivity index (χ1n) is 6.74. The van der Waals surface area contributed by atoms with Gasteiger partial charge in [0, 0.05) is 5.56 Å². The van der Waals surface area contributed by atoms with E-state index >= 15 is 0 Å². The van der Waals surface area contributed by atoms with Gasteiger partial charge in [0.15, 0.2) is 0 Å². The molecule has 0 saturated carbocycles. The fourth-order valence-electron chi connectivity index (χ4n) is 2.73. The molecule has 106 valence electrons. The molecule has 19 heavy (non-hydrogen) atoms. The van der Waals surface area contributed by atoms with E-state index < -0.39 is 12.0 Å². The highest BCUT2D eigenvalue weighted by atomic mass is 19.3. The fraction of sp³-hybridized carbons (Fsp3) is 0.600. The van der Waals surface area contributed by atoms with Gasteiger partial charge in [0.2, 0.25) is 0 Å². The zero-order valence-electron chi connectivity index (χ0n) is 11.7. The SMILES string of the molecule is COc1ccc(C(F)(F)C2CCCCN2)c(C)c1C. The molecule has 1 atom stereocenters. The van der Waals surface area contributed by atoms with Crippen molar-refractivity contribution in [3.05, 3.63) is 28.8 Å². The summed E-state index contributed by atoms with van der Waals surface area (Å²) < 4.78 is 34.4. The predicted octanol–water partition coefficient (Wildman–Crippen LogP) is 3.55. The highest BCUT2D eigenvalue weighted by Gasteiger charge is 2.43. The molecule has 1 aromatic rings. The minimum atomic E-state index is -2.83. The standard InChI is InChI=1S/C15H21F2NO/c1-10-11(2)13(19-3)8-7-12(10)15(16,17)14-6-4-5-9-18-14/h7-8,14,18H,4-6,9H2,1-3H3. The summed E-state index contributed by atoms with van der Waals surface area (Å²) in [5.41, 5.74) is 1.53. The van der Waals surface area contributed by atoms with Crippen LogP contribution in [-0.4, -0.2) is 19.7 Å². The van der Waals surface area contributed by atoms with Gasteiger partial charge in [0.25, 0.3) is 5.92 Å². The lowest BCUT2D eigenvalue weighted by molar-refractivity contribution is -0.0518. The Hall–Kier alpha value is -1.16. The molecule has 2 rings (SSSR count). The number of halogens is 2. The van der Waals surface area contributed by atoms with Gasteiger partial charge in [-0.2, -0.15) is 8.78 Å². The topological polar surface area (TPSA) is 21.3 Å². The molecule has 2 nitrogen and oxygen atoms in total. The quantitative estimate of drug-likeness (QED) is 0.906. The Kier molecular flexibility index (Phi) is 4.09. The van der Waals surface area contributed by atoms with Crippen molar-refractivity contribution in [3.8, 4) is 5.75 Å². The number of benzene rings is 1. The van der Waals surface area contributed by atoms with Crippen LogP contribution in [0.5, 0.6) is 5.75 Å². The van der Waals surface area contributed by atoms with Crippen LogP contribution < -0.4 is 10.1 Å². The maximum absolute atomic E-state index is 14.6. The zero-order valence-corrected chi connectivity index (χ0v) is 11.7. The summed E-state index contributed by atoms with van der Waals surface area (Å²) in [6.45, 7) is 4.24. The van der Waals surface area contributed by atoms with Crippen molar-refractivity contribution in [2.45, 2.75) is 45.1 Å². The molecule has 0 amide bonds. The summed E-state index contributed by atoms with van der Waals surface area (Å²) in [4.78, 5) is 0. The van der Waals surface area contributed by atoms with Crippen molar-refractivity contribution in [1.82, 2.24) is 5.32 Å². The number of hydrogen-bond donors (Lipinski definition) is 1. The molecule has 0 radical (unpaired) electrons. The summed E-state index contributed by atoms with van der Waals surface area (Å²) >= 11 is 0. The van der Waals surface area contributed by atoms with E-state index in [2.05, 4.69) is 5.32 Å². The lowest BCUT2D eigenvalue weighted by Crippen LogP contribution is -2.46. The minimum Gasteiger partial charge on any atom is -0.496 e. The highest BCUT2D eigenvalue weighted by Crippen LogP contribution is 2.39. The number of ether oxygens (including phenoxy) is 1. The predicted molar refractivity (Wildman–Crippen MR) is 72.0 cm³/mol. The van der Waals surface area contributed by atoms with Gasteiger partial charge in [-0.15, -0.1) is 0 Å². The second kappa shape index (κ2) is 5.45. The second-order valence-electron chi connectivity index (χ2n) is 5.19. The Balaban J connectivity index is 2.36. The lowest BCUT2D eigenvalue weighted by Gasteiger charge is -2.32. The van der Waals surface area contributed by atoms with Crippen LogP contribution in [0.3, 0.4) is 0 Å². The smallest absolute Gasteiger partial charge is 0.288 e. The molecule has 0 bridgehead atoms. The van der Waals surface area contributed by atoms with E-state index in [1.807, 2.05) is 6.92 Å². The Morgan fingerprint density at radius 1 is 1.21 bits per heavy atom. The van der Waals surface area contributed by atoms with E-state index in [1.165, 1.54) is 6.07 Å². The van der Waals surface area contributed by atoms with Gasteiger partial charge in [-0.25, -0.2) is 0 Å². The number of alkyl halides is 2. The van der Waals surface area contributed by atoms with Gasteiger partial charge in [-0.3, -0.25) is 0 Å². The molecule has 0 aliphatic carbocycles. The molecule has 1 fully saturated rings. The zero-order chi connectivity index (χ0) is 14.0. The van der Waals surface area contributed by atoms with Gasteiger partial charge < -0.3 is 10.1 Å². The van der Waals surface area contributed by atoms with Crippen LogP contribution in [0.4, 0.5) is 8.78 Å². The van der Waals surface area contributed by atoms with Crippen molar-refractivity contribution in [2.24, 2.45) is 0 Å². The Morgan fingerprint density at radius 3 is 2.53 bits per heavy atom. The van der Waals surface area contributed by atoms with Crippen LogP contribution in [0.2, 0.25) is 0 Å². The number of rotatable bonds is 3. The summed E-state index contributed by atoms with van der Waals surface area (Å²) in [5, 5.41) is 2.95. The van der Waals surface area contributed by atoms with Crippen LogP contribution in [0.1, 0.15) is 36.0 Å². The molecule has 0 aromatic heterocycles. The molecular formula is C15H21F2NO. The first-order valence-corrected chi connectivity index (χ1v) is 6.74. The Bertz CT molecular complexity index is 454. The highest BCUT2D eigenvalue weighted by molar-refractivity contribution is 5.45. The third-order valence-corrected chi connectivity index (χ3v) is 4.06. The van der Waals surface area contributed by atoms with Gasteiger partial charge in [0.1, 0.15) is 5.75 Å². The molecule has 1 saturated heterocycles. The third kappa shape index (κ3) is 2.59. The molecule has 0 spiro atoms. The summed E-state index contributed by atoms with van der Waals surface area (Å²) in [5.74, 6) is -2.17. The van der Waals surface area contributed by atoms with Gasteiger partial charge in [-0.05, 0) is 56.5 Å². The first kappa shape index (κ1) is 14.3. The van der Waals surface area contributed by atoms with E-state index in [9.17, 15) is 8.78 Å². The number of piperidine rings is 1. The third-order valence-electron chi connectivity index (χ3n) is 4.06. The van der Waals surface area contributed by atoms with Crippen LogP contribution in [0.15, 0.2) is 12.1 Å². The summed E-state index contributed by atoms with van der Waals surface area (Å²) in [6.07, 6.45) is 2.37. The lowest BCUT2D eigenvalue weighted by atomic mass is 9.89. The largest absolute Gasteiger partial charge is 0.496 e. The average Bonchev–Trinajstić information content (AvgIpc) is 2.42. The molecule has 1 unspecified atom stereocenters. The van der Waals surface area contributed by atoms with Crippen LogP contribution in [0.25, 0.3) is 0 Å². The maximum atomic E-state index is 14.6. The van der Waals surface area contributed by atoms with Crippen molar-refractivity contribution in [2.75, 3.05) is 13.7 Å². The average molecular weight is 269 g/mol. The first-order chi connectivity index (χ1) is 8.98. The van der Waals surface area contributed by atoms with Gasteiger partial charge >= 0.3 is 0 Å². The van der Waals surface area contributed by atoms with E-state index in [1.54, 1.807) is 20.1 Å². The van der Waals surface area contributed by atoms with Crippen molar-refractivity contribution >= 4 is 0 Å². The van der Waals surface area contributed by atoms with Crippen LogP contribution >= 0.6 is 0 Å². The number of nitrogens with one attached hydrogen (secondary N) is 1. The molecular weight excluding hydrogens is 248 g/mol. The number of hydrogen-bond acceptors (Lipinski definition) is 2. The summed E-state index contributed by atoms with van der Waals surface area (Å²) in [7, 11) is 1.56. The van der Waals surface area contributed by atoms with E-state index in [0.717, 1.165) is 18.4 Å². The van der Waals surface area contributed by atoms with Crippen LogP contribution in [-0.2, 0) is 5.92 Å². The second-order valence-corrected chi connectivity index (χ2v) is 5.19. The van der Waals surface area contributed by atoms with Gasteiger partial charge in [0.05, 0.1) is 13.2 Å². The molecule has 1 aliphatic rings. The Morgan fingerprint density at radius 2 is 1.95 bits per heavy atom. The normalized spacial score (nSPS) is 20.4. The molecule has 1 aromatic carbocycles. The van der Waals surface area contributed by atoms with E-state index in [0.29, 0.717) is 24.3 Å². The fourth-order valence-corrected chi connectivity index (χ4v) is 2.73. The van der Waals surface area contributed by atoms with E-state index in [-0.39, 0.29) is 5.56 Å². The van der Waals surface area contributed by atoms with E-state index in [4.69, 9.17) is 4.74 Å². The van der Waals surface area contributed by atoms with Crippen molar-refractivity contribution < 1.29 is 13.5 Å². The minimum absolute atomic E-state index is 0.116. The Labute approximate surface area is 113 Å². The molecule has 1 N–H and O–H groups in total. The van der Waals surface area contributed by atoms with Crippen molar-refractivity contribution in [3.63, 3.8) is 0 Å².